The molecule has 13 heavy (non-hydrogen) atoms. The SMILES string of the molecule is O=CC1Cc2cc(F)ccc2C1=O. The van der Waals surface area contributed by atoms with Crippen molar-refractivity contribution >= 4 is 12.1 Å². The van der Waals surface area contributed by atoms with Crippen molar-refractivity contribution in [1.29, 1.82) is 0 Å². The molecule has 1 aliphatic carbocycles. The van der Waals surface area contributed by atoms with Gasteiger partial charge in [0.05, 0.1) is 5.92 Å². The van der Waals surface area contributed by atoms with Gasteiger partial charge in [-0.2, -0.15) is 0 Å². The highest BCUT2D eigenvalue weighted by atomic mass is 19.1. The second-order valence-corrected chi connectivity index (χ2v) is 3.11. The number of rotatable bonds is 1. The third-order valence-corrected chi connectivity index (χ3v) is 2.27. The van der Waals surface area contributed by atoms with E-state index in [1.807, 2.05) is 0 Å². The minimum absolute atomic E-state index is 0.190. The number of carbonyl (C=O) groups is 2. The summed E-state index contributed by atoms with van der Waals surface area (Å²) >= 11 is 0. The quantitative estimate of drug-likeness (QED) is 0.481. The van der Waals surface area contributed by atoms with Gasteiger partial charge in [0.1, 0.15) is 12.1 Å². The molecular weight excluding hydrogens is 171 g/mol. The average Bonchev–Trinajstić information content (AvgIpc) is 2.42. The summed E-state index contributed by atoms with van der Waals surface area (Å²) in [6.45, 7) is 0. The third kappa shape index (κ3) is 1.16. The van der Waals surface area contributed by atoms with Gasteiger partial charge in [-0.15, -0.1) is 0 Å². The second-order valence-electron chi connectivity index (χ2n) is 3.11. The van der Waals surface area contributed by atoms with Crippen LogP contribution in [-0.2, 0) is 11.2 Å². The maximum atomic E-state index is 12.7. The summed E-state index contributed by atoms with van der Waals surface area (Å²) in [7, 11) is 0. The Kier molecular flexibility index (Phi) is 1.72. The summed E-state index contributed by atoms with van der Waals surface area (Å²) in [6, 6.07) is 4.00. The third-order valence-electron chi connectivity index (χ3n) is 2.27. The minimum Gasteiger partial charge on any atom is -0.303 e. The van der Waals surface area contributed by atoms with Gasteiger partial charge < -0.3 is 4.79 Å². The molecule has 0 radical (unpaired) electrons. The molecule has 1 unspecified atom stereocenters. The average molecular weight is 178 g/mol. The Morgan fingerprint density at radius 2 is 2.23 bits per heavy atom. The predicted octanol–water partition coefficient (Wildman–Crippen LogP) is 1.38. The Balaban J connectivity index is 2.49. The number of halogens is 1. The van der Waals surface area contributed by atoms with E-state index in [1.54, 1.807) is 0 Å². The molecule has 0 bridgehead atoms. The minimum atomic E-state index is -0.600. The fraction of sp³-hybridized carbons (Fsp3) is 0.200. The van der Waals surface area contributed by atoms with Crippen LogP contribution in [0, 0.1) is 11.7 Å². The lowest BCUT2D eigenvalue weighted by molar-refractivity contribution is -0.109. The zero-order chi connectivity index (χ0) is 9.42. The van der Waals surface area contributed by atoms with Gasteiger partial charge in [-0.25, -0.2) is 4.39 Å². The molecule has 0 spiro atoms. The molecule has 3 heteroatoms. The van der Waals surface area contributed by atoms with Crippen LogP contribution in [0.25, 0.3) is 0 Å². The zero-order valence-electron chi connectivity index (χ0n) is 6.79. The van der Waals surface area contributed by atoms with Crippen LogP contribution >= 0.6 is 0 Å². The van der Waals surface area contributed by atoms with E-state index in [9.17, 15) is 14.0 Å². The fourth-order valence-electron chi connectivity index (χ4n) is 1.61. The van der Waals surface area contributed by atoms with E-state index in [2.05, 4.69) is 0 Å². The first-order valence-corrected chi connectivity index (χ1v) is 4.00. The van der Waals surface area contributed by atoms with Crippen LogP contribution in [0.15, 0.2) is 18.2 Å². The summed E-state index contributed by atoms with van der Waals surface area (Å²) in [5.41, 5.74) is 1.13. The van der Waals surface area contributed by atoms with Crippen molar-refractivity contribution in [3.05, 3.63) is 35.1 Å². The van der Waals surface area contributed by atoms with Gasteiger partial charge in [0.25, 0.3) is 0 Å². The Bertz CT molecular complexity index is 385. The van der Waals surface area contributed by atoms with Crippen LogP contribution in [0.2, 0.25) is 0 Å². The van der Waals surface area contributed by atoms with Crippen LogP contribution in [0.4, 0.5) is 4.39 Å². The number of hydrogen-bond acceptors (Lipinski definition) is 2. The van der Waals surface area contributed by atoms with Crippen LogP contribution in [0.5, 0.6) is 0 Å². The molecule has 0 aromatic heterocycles. The van der Waals surface area contributed by atoms with Crippen LogP contribution in [-0.4, -0.2) is 12.1 Å². The molecule has 2 nitrogen and oxygen atoms in total. The van der Waals surface area contributed by atoms with Gasteiger partial charge in [0, 0.05) is 5.56 Å². The van der Waals surface area contributed by atoms with Crippen molar-refractivity contribution in [3.8, 4) is 0 Å². The first-order valence-electron chi connectivity index (χ1n) is 4.00. The Morgan fingerprint density at radius 1 is 1.46 bits per heavy atom. The standard InChI is InChI=1S/C10H7FO2/c11-8-1-2-9-6(4-8)3-7(5-12)10(9)13/h1-2,4-5,7H,3H2. The van der Waals surface area contributed by atoms with Crippen LogP contribution in [0.1, 0.15) is 15.9 Å². The fourth-order valence-corrected chi connectivity index (χ4v) is 1.61. The molecule has 0 aliphatic heterocycles. The maximum Gasteiger partial charge on any atom is 0.173 e. The largest absolute Gasteiger partial charge is 0.303 e. The number of hydrogen-bond donors (Lipinski definition) is 0. The molecule has 1 aromatic carbocycles. The Labute approximate surface area is 74.4 Å². The molecular formula is C10H7FO2. The lowest BCUT2D eigenvalue weighted by Gasteiger charge is -1.94. The normalized spacial score (nSPS) is 20.1. The number of carbonyl (C=O) groups excluding carboxylic acids is 2. The van der Waals surface area contributed by atoms with Crippen molar-refractivity contribution in [2.45, 2.75) is 6.42 Å². The Hall–Kier alpha value is -1.51. The number of aldehydes is 1. The summed E-state index contributed by atoms with van der Waals surface area (Å²) in [5, 5.41) is 0. The topological polar surface area (TPSA) is 34.1 Å². The van der Waals surface area contributed by atoms with E-state index >= 15 is 0 Å². The van der Waals surface area contributed by atoms with Crippen molar-refractivity contribution < 1.29 is 14.0 Å². The molecule has 0 saturated carbocycles. The molecule has 1 atom stereocenters. The lowest BCUT2D eigenvalue weighted by Crippen LogP contribution is -2.09. The van der Waals surface area contributed by atoms with E-state index < -0.39 is 5.92 Å². The maximum absolute atomic E-state index is 12.7. The highest BCUT2D eigenvalue weighted by molar-refractivity contribution is 6.09. The molecule has 0 fully saturated rings. The molecule has 66 valence electrons. The van der Waals surface area contributed by atoms with Crippen LogP contribution < -0.4 is 0 Å². The molecule has 0 N–H and O–H groups in total. The highest BCUT2D eigenvalue weighted by Gasteiger charge is 2.29. The number of benzene rings is 1. The first kappa shape index (κ1) is 8.10. The van der Waals surface area contributed by atoms with E-state index in [1.165, 1.54) is 18.2 Å². The van der Waals surface area contributed by atoms with Gasteiger partial charge in [0.2, 0.25) is 0 Å². The van der Waals surface area contributed by atoms with E-state index in [0.717, 1.165) is 0 Å². The van der Waals surface area contributed by atoms with Gasteiger partial charge in [0.15, 0.2) is 5.78 Å². The monoisotopic (exact) mass is 178 g/mol. The van der Waals surface area contributed by atoms with Crippen molar-refractivity contribution in [2.75, 3.05) is 0 Å². The van der Waals surface area contributed by atoms with Gasteiger partial charge in [-0.3, -0.25) is 4.79 Å². The van der Waals surface area contributed by atoms with Crippen LogP contribution in [0.3, 0.4) is 0 Å². The summed E-state index contributed by atoms with van der Waals surface area (Å²) < 4.78 is 12.7. The smallest absolute Gasteiger partial charge is 0.173 e. The zero-order valence-corrected chi connectivity index (χ0v) is 6.79. The molecule has 0 saturated heterocycles. The van der Waals surface area contributed by atoms with Crippen molar-refractivity contribution in [2.24, 2.45) is 5.92 Å². The first-order chi connectivity index (χ1) is 6.22. The Morgan fingerprint density at radius 3 is 2.92 bits per heavy atom. The summed E-state index contributed by atoms with van der Waals surface area (Å²) in [5.74, 6) is -1.15. The number of Topliss-reactive ketones (excluding diaryl/α,β-unsaturated/α-hetero) is 1. The molecule has 1 aliphatic rings. The van der Waals surface area contributed by atoms with Gasteiger partial charge >= 0.3 is 0 Å². The molecule has 0 heterocycles. The lowest BCUT2D eigenvalue weighted by atomic mass is 10.1. The van der Waals surface area contributed by atoms with Gasteiger partial charge in [-0.1, -0.05) is 0 Å². The number of fused-ring (bicyclic) bond motifs is 1. The molecule has 2 rings (SSSR count). The van der Waals surface area contributed by atoms with E-state index in [-0.39, 0.29) is 11.6 Å². The number of ketones is 1. The van der Waals surface area contributed by atoms with E-state index in [0.29, 0.717) is 23.8 Å². The highest BCUT2D eigenvalue weighted by Crippen LogP contribution is 2.25. The summed E-state index contributed by atoms with van der Waals surface area (Å²) in [6.07, 6.45) is 0.968. The van der Waals surface area contributed by atoms with E-state index in [4.69, 9.17) is 0 Å². The predicted molar refractivity (Wildman–Crippen MR) is 44.0 cm³/mol. The molecule has 0 amide bonds. The van der Waals surface area contributed by atoms with Gasteiger partial charge in [-0.05, 0) is 30.2 Å². The van der Waals surface area contributed by atoms with Crippen molar-refractivity contribution in [1.82, 2.24) is 0 Å². The molecule has 1 aromatic rings. The van der Waals surface area contributed by atoms with Crippen molar-refractivity contribution in [3.63, 3.8) is 0 Å². The second kappa shape index (κ2) is 2.76. The summed E-state index contributed by atoms with van der Waals surface area (Å²) in [4.78, 5) is 21.8.